The Bertz CT molecular complexity index is 224. The molecule has 2 N–H and O–H groups in total. The van der Waals surface area contributed by atoms with E-state index in [1.807, 2.05) is 0 Å². The largest absolute Gasteiger partial charge is 0.465 e. The molecule has 0 spiro atoms. The van der Waals surface area contributed by atoms with Crippen molar-refractivity contribution in [2.75, 3.05) is 20.3 Å². The van der Waals surface area contributed by atoms with Gasteiger partial charge in [0, 0.05) is 12.6 Å². The summed E-state index contributed by atoms with van der Waals surface area (Å²) in [6.07, 6.45) is -1.06. The second kappa shape index (κ2) is 4.81. The number of nitrogens with zero attached hydrogens (tertiary/aromatic N) is 1. The summed E-state index contributed by atoms with van der Waals surface area (Å²) in [4.78, 5) is 12.4. The molecule has 0 bridgehead atoms. The number of hydrogen-bond donors (Lipinski definition) is 2. The molecule has 15 heavy (non-hydrogen) atoms. The first-order valence-corrected chi connectivity index (χ1v) is 4.82. The van der Waals surface area contributed by atoms with E-state index in [9.17, 15) is 9.90 Å². The maximum atomic E-state index is 11.2. The SMILES string of the molecule is COCC(C)(CO)N(C(=O)O)C(C)(C)C. The molecule has 0 aromatic carbocycles. The van der Waals surface area contributed by atoms with E-state index in [0.29, 0.717) is 0 Å². The summed E-state index contributed by atoms with van der Waals surface area (Å²) in [6.45, 7) is 6.90. The first-order chi connectivity index (χ1) is 6.69. The predicted molar refractivity (Wildman–Crippen MR) is 57.0 cm³/mol. The number of aliphatic hydroxyl groups excluding tert-OH is 1. The van der Waals surface area contributed by atoms with E-state index in [4.69, 9.17) is 9.84 Å². The van der Waals surface area contributed by atoms with Gasteiger partial charge in [-0.05, 0) is 27.7 Å². The van der Waals surface area contributed by atoms with Crippen molar-refractivity contribution in [3.8, 4) is 0 Å². The topological polar surface area (TPSA) is 70.0 Å². The molecule has 0 radical (unpaired) electrons. The van der Waals surface area contributed by atoms with Crippen LogP contribution in [0, 0.1) is 0 Å². The van der Waals surface area contributed by atoms with Crippen LogP contribution in [0.15, 0.2) is 0 Å². The lowest BCUT2D eigenvalue weighted by atomic mass is 9.95. The lowest BCUT2D eigenvalue weighted by Gasteiger charge is -2.45. The zero-order valence-corrected chi connectivity index (χ0v) is 10.1. The van der Waals surface area contributed by atoms with Crippen LogP contribution in [0.2, 0.25) is 0 Å². The van der Waals surface area contributed by atoms with Crippen LogP contribution in [-0.2, 0) is 4.74 Å². The summed E-state index contributed by atoms with van der Waals surface area (Å²) in [7, 11) is 1.48. The number of hydrogen-bond acceptors (Lipinski definition) is 3. The van der Waals surface area contributed by atoms with Crippen LogP contribution in [0.1, 0.15) is 27.7 Å². The molecule has 0 aliphatic heterocycles. The molecule has 1 atom stereocenters. The standard InChI is InChI=1S/C10H21NO4/c1-9(2,3)11(8(13)14)10(4,6-12)7-15-5/h12H,6-7H2,1-5H3,(H,13,14). The normalized spacial score (nSPS) is 15.9. The summed E-state index contributed by atoms with van der Waals surface area (Å²) in [6, 6.07) is 0. The van der Waals surface area contributed by atoms with Crippen molar-refractivity contribution in [1.82, 2.24) is 4.90 Å². The van der Waals surface area contributed by atoms with Gasteiger partial charge in [0.25, 0.3) is 0 Å². The molecule has 0 saturated carbocycles. The number of carboxylic acid groups (broad SMARTS) is 1. The minimum absolute atomic E-state index is 0.160. The minimum Gasteiger partial charge on any atom is -0.465 e. The third-order valence-corrected chi connectivity index (χ3v) is 2.20. The summed E-state index contributed by atoms with van der Waals surface area (Å²) < 4.78 is 4.96. The summed E-state index contributed by atoms with van der Waals surface area (Å²) in [5.41, 5.74) is -1.50. The van der Waals surface area contributed by atoms with Crippen molar-refractivity contribution in [3.63, 3.8) is 0 Å². The number of aliphatic hydroxyl groups is 1. The zero-order valence-electron chi connectivity index (χ0n) is 10.1. The van der Waals surface area contributed by atoms with Gasteiger partial charge in [-0.1, -0.05) is 0 Å². The van der Waals surface area contributed by atoms with Crippen molar-refractivity contribution in [2.24, 2.45) is 0 Å². The van der Waals surface area contributed by atoms with Gasteiger partial charge >= 0.3 is 6.09 Å². The quantitative estimate of drug-likeness (QED) is 0.744. The second-order valence-electron chi connectivity index (χ2n) is 4.88. The fourth-order valence-corrected chi connectivity index (χ4v) is 1.82. The number of rotatable bonds is 4. The van der Waals surface area contributed by atoms with Crippen LogP contribution in [0.4, 0.5) is 4.79 Å². The van der Waals surface area contributed by atoms with E-state index in [0.717, 1.165) is 0 Å². The average Bonchev–Trinajstić information content (AvgIpc) is 2.00. The van der Waals surface area contributed by atoms with E-state index < -0.39 is 17.2 Å². The molecule has 1 amide bonds. The van der Waals surface area contributed by atoms with Gasteiger partial charge in [-0.3, -0.25) is 4.90 Å². The Balaban J connectivity index is 5.12. The molecule has 0 heterocycles. The molecule has 5 heteroatoms. The highest BCUT2D eigenvalue weighted by atomic mass is 16.5. The van der Waals surface area contributed by atoms with Crippen LogP contribution in [0.25, 0.3) is 0 Å². The van der Waals surface area contributed by atoms with Crippen LogP contribution < -0.4 is 0 Å². The van der Waals surface area contributed by atoms with E-state index in [1.165, 1.54) is 12.0 Å². The van der Waals surface area contributed by atoms with Crippen molar-refractivity contribution in [3.05, 3.63) is 0 Å². The second-order valence-corrected chi connectivity index (χ2v) is 4.88. The third kappa shape index (κ3) is 3.35. The fraction of sp³-hybridized carbons (Fsp3) is 0.900. The summed E-state index contributed by atoms with van der Waals surface area (Å²) in [5.74, 6) is 0. The molecule has 5 nitrogen and oxygen atoms in total. The summed E-state index contributed by atoms with van der Waals surface area (Å²) >= 11 is 0. The van der Waals surface area contributed by atoms with E-state index in [2.05, 4.69) is 0 Å². The highest BCUT2D eigenvalue weighted by Gasteiger charge is 2.41. The van der Waals surface area contributed by atoms with Crippen LogP contribution in [-0.4, -0.2) is 52.6 Å². The molecule has 1 unspecified atom stereocenters. The van der Waals surface area contributed by atoms with Crippen molar-refractivity contribution in [1.29, 1.82) is 0 Å². The van der Waals surface area contributed by atoms with Gasteiger partial charge < -0.3 is 14.9 Å². The Labute approximate surface area is 90.6 Å². The molecule has 0 aromatic rings. The van der Waals surface area contributed by atoms with Gasteiger partial charge in [0.2, 0.25) is 0 Å². The monoisotopic (exact) mass is 219 g/mol. The lowest BCUT2D eigenvalue weighted by Crippen LogP contribution is -2.61. The molecule has 0 aliphatic carbocycles. The lowest BCUT2D eigenvalue weighted by molar-refractivity contribution is -0.0447. The van der Waals surface area contributed by atoms with Gasteiger partial charge in [-0.15, -0.1) is 0 Å². The van der Waals surface area contributed by atoms with Crippen LogP contribution >= 0.6 is 0 Å². The Hall–Kier alpha value is -0.810. The van der Waals surface area contributed by atoms with Crippen LogP contribution in [0.3, 0.4) is 0 Å². The first-order valence-electron chi connectivity index (χ1n) is 4.82. The molecule has 90 valence electrons. The Kier molecular flexibility index (Phi) is 4.55. The van der Waals surface area contributed by atoms with Crippen molar-refractivity contribution < 1.29 is 19.7 Å². The fourth-order valence-electron chi connectivity index (χ4n) is 1.82. The van der Waals surface area contributed by atoms with Gasteiger partial charge in [0.1, 0.15) is 0 Å². The van der Waals surface area contributed by atoms with Gasteiger partial charge in [0.05, 0.1) is 18.8 Å². The van der Waals surface area contributed by atoms with Gasteiger partial charge in [-0.2, -0.15) is 0 Å². The van der Waals surface area contributed by atoms with Crippen molar-refractivity contribution in [2.45, 2.75) is 38.8 Å². The Morgan fingerprint density at radius 1 is 1.33 bits per heavy atom. The molecule has 0 aromatic heterocycles. The van der Waals surface area contributed by atoms with Crippen molar-refractivity contribution >= 4 is 6.09 Å². The smallest absolute Gasteiger partial charge is 0.408 e. The highest BCUT2D eigenvalue weighted by Crippen LogP contribution is 2.25. The van der Waals surface area contributed by atoms with E-state index >= 15 is 0 Å². The number of methoxy groups -OCH3 is 1. The number of carbonyl (C=O) groups is 1. The molecule has 0 aliphatic rings. The van der Waals surface area contributed by atoms with Gasteiger partial charge in [0.15, 0.2) is 0 Å². The number of ether oxygens (including phenoxy) is 1. The third-order valence-electron chi connectivity index (χ3n) is 2.20. The maximum absolute atomic E-state index is 11.2. The van der Waals surface area contributed by atoms with Gasteiger partial charge in [-0.25, -0.2) is 4.79 Å². The van der Waals surface area contributed by atoms with E-state index in [1.54, 1.807) is 27.7 Å². The minimum atomic E-state index is -1.06. The molecular formula is C10H21NO4. The molecular weight excluding hydrogens is 198 g/mol. The molecule has 0 fully saturated rings. The summed E-state index contributed by atoms with van der Waals surface area (Å²) in [5, 5.41) is 18.5. The first kappa shape index (κ1) is 14.2. The Morgan fingerprint density at radius 3 is 2.00 bits per heavy atom. The maximum Gasteiger partial charge on any atom is 0.408 e. The highest BCUT2D eigenvalue weighted by molar-refractivity contribution is 5.67. The Morgan fingerprint density at radius 2 is 1.80 bits per heavy atom. The predicted octanol–water partition coefficient (Wildman–Crippen LogP) is 1.16. The molecule has 0 rings (SSSR count). The average molecular weight is 219 g/mol. The number of amides is 1. The van der Waals surface area contributed by atoms with E-state index in [-0.39, 0.29) is 13.2 Å². The van der Waals surface area contributed by atoms with Crippen LogP contribution in [0.5, 0.6) is 0 Å². The molecule has 0 saturated heterocycles. The zero-order chi connectivity index (χ0) is 12.3.